The number of halogens is 2. The van der Waals surface area contributed by atoms with E-state index < -0.39 is 7.29 Å². The van der Waals surface area contributed by atoms with Crippen LogP contribution in [0.4, 0.5) is 0 Å². The zero-order valence-corrected chi connectivity index (χ0v) is 27.7. The minimum atomic E-state index is -2.17. The highest BCUT2D eigenvalue weighted by Crippen LogP contribution is 2.43. The third kappa shape index (κ3) is 7.98. The second-order valence-electron chi connectivity index (χ2n) is 11.9. The summed E-state index contributed by atoms with van der Waals surface area (Å²) >= 11 is 9.97. The smallest absolute Gasteiger partial charge is 0.223 e. The molecule has 2 saturated heterocycles. The number of hydrogen-bond donors (Lipinski definition) is 1. The highest BCUT2D eigenvalue weighted by Gasteiger charge is 2.35. The summed E-state index contributed by atoms with van der Waals surface area (Å²) in [4.78, 5) is 20.5. The van der Waals surface area contributed by atoms with Crippen molar-refractivity contribution in [3.8, 4) is 0 Å². The summed E-state index contributed by atoms with van der Waals surface area (Å²) in [7, 11) is -2.17. The van der Waals surface area contributed by atoms with Gasteiger partial charge in [0.25, 0.3) is 0 Å². The number of aromatic nitrogens is 1. The van der Waals surface area contributed by atoms with E-state index in [1.165, 1.54) is 23.1 Å². The zero-order valence-electron chi connectivity index (χ0n) is 24.5. The van der Waals surface area contributed by atoms with E-state index in [2.05, 4.69) is 62.9 Å². The Morgan fingerprint density at radius 2 is 1.70 bits per heavy atom. The molecule has 1 aliphatic carbocycles. The lowest BCUT2D eigenvalue weighted by Crippen LogP contribution is -2.44. The number of aryl methyl sites for hydroxylation is 2. The number of amides is 1. The largest absolute Gasteiger partial charge is 0.356 e. The van der Waals surface area contributed by atoms with Gasteiger partial charge in [0, 0.05) is 54.6 Å². The van der Waals surface area contributed by atoms with Crippen molar-refractivity contribution in [2.75, 3.05) is 46.1 Å². The van der Waals surface area contributed by atoms with Crippen LogP contribution in [-0.2, 0) is 22.2 Å². The van der Waals surface area contributed by atoms with Crippen molar-refractivity contribution in [1.82, 2.24) is 19.9 Å². The van der Waals surface area contributed by atoms with Crippen LogP contribution in [-0.4, -0.2) is 66.5 Å². The molecule has 1 atom stereocenters. The summed E-state index contributed by atoms with van der Waals surface area (Å²) in [6, 6.07) is 8.55. The van der Waals surface area contributed by atoms with Crippen molar-refractivity contribution in [2.24, 2.45) is 11.8 Å². The molecular formula is C31H45BrClN4O2P. The Labute approximate surface area is 254 Å². The number of pyridine rings is 1. The number of likely N-dealkylation sites (tertiary alicyclic amines) is 1. The number of carbonyl (C=O) groups excluding carboxylic acids is 1. The van der Waals surface area contributed by atoms with Gasteiger partial charge >= 0.3 is 0 Å². The first-order valence-corrected chi connectivity index (χ1v) is 18.6. The molecule has 6 nitrogen and oxygen atoms in total. The van der Waals surface area contributed by atoms with Gasteiger partial charge in [-0.3, -0.25) is 19.3 Å². The second kappa shape index (κ2) is 14.3. The summed E-state index contributed by atoms with van der Waals surface area (Å²) in [5.41, 5.74) is 4.98. The standard InChI is InChI=1S/C28H37BrClN4O2P.C3H8/c1-37(2,36)34-13-7-19(8-14-34)17-32-28(35)20-9-11-33(12-10-20)27-25-6-5-24(30)16-21(25)3-4-22-15-23(29)18-31-26(22)27;1-3-2/h5-6,15-16,18-20,27H,3-4,7-14,17H2,1-2H3,(H,32,35);3H2,1-2H3. The summed E-state index contributed by atoms with van der Waals surface area (Å²) in [6.45, 7) is 12.1. The Kier molecular flexibility index (Phi) is 11.3. The maximum atomic E-state index is 13.1. The van der Waals surface area contributed by atoms with Gasteiger partial charge in [-0.1, -0.05) is 37.9 Å². The van der Waals surface area contributed by atoms with Crippen LogP contribution in [0.15, 0.2) is 34.9 Å². The SMILES string of the molecule is CCC.CP(C)(=O)N1CCC(CNC(=O)C2CCN(C3c4ccc(Cl)cc4CCc4cc(Br)cnc43)CC2)CC1. The monoisotopic (exact) mass is 650 g/mol. The minimum absolute atomic E-state index is 0.0515. The molecule has 3 aliphatic rings. The minimum Gasteiger partial charge on any atom is -0.356 e. The van der Waals surface area contributed by atoms with E-state index in [1.54, 1.807) is 0 Å². The lowest BCUT2D eigenvalue weighted by Gasteiger charge is -2.38. The predicted molar refractivity (Wildman–Crippen MR) is 170 cm³/mol. The topological polar surface area (TPSA) is 65.5 Å². The van der Waals surface area contributed by atoms with E-state index in [9.17, 15) is 9.36 Å². The van der Waals surface area contributed by atoms with E-state index in [4.69, 9.17) is 16.6 Å². The van der Waals surface area contributed by atoms with Crippen molar-refractivity contribution in [1.29, 1.82) is 0 Å². The first-order chi connectivity index (χ1) is 19.1. The number of rotatable bonds is 5. The third-order valence-corrected chi connectivity index (χ3v) is 10.8. The average molecular weight is 652 g/mol. The number of piperidine rings is 2. The normalized spacial score (nSPS) is 21.0. The Morgan fingerprint density at radius 1 is 1.05 bits per heavy atom. The fourth-order valence-corrected chi connectivity index (χ4v) is 7.96. The van der Waals surface area contributed by atoms with Gasteiger partial charge < -0.3 is 9.88 Å². The van der Waals surface area contributed by atoms with E-state index in [0.29, 0.717) is 5.92 Å². The molecule has 2 aliphatic heterocycles. The molecule has 0 saturated carbocycles. The highest BCUT2D eigenvalue weighted by atomic mass is 79.9. The summed E-state index contributed by atoms with van der Waals surface area (Å²) < 4.78 is 15.4. The van der Waals surface area contributed by atoms with Gasteiger partial charge in [0.15, 0.2) is 0 Å². The molecular weight excluding hydrogens is 607 g/mol. The third-order valence-electron chi connectivity index (χ3n) is 8.39. The molecule has 1 N–H and O–H groups in total. The number of carbonyl (C=O) groups is 1. The van der Waals surface area contributed by atoms with Crippen LogP contribution in [0, 0.1) is 11.8 Å². The molecule has 0 spiro atoms. The van der Waals surface area contributed by atoms with Crippen molar-refractivity contribution in [2.45, 2.75) is 64.8 Å². The fourth-order valence-electron chi connectivity index (χ4n) is 6.20. The predicted octanol–water partition coefficient (Wildman–Crippen LogP) is 7.18. The van der Waals surface area contributed by atoms with Gasteiger partial charge in [-0.2, -0.15) is 0 Å². The van der Waals surface area contributed by atoms with Crippen LogP contribution in [0.5, 0.6) is 0 Å². The molecule has 0 bridgehead atoms. The van der Waals surface area contributed by atoms with Gasteiger partial charge in [0.05, 0.1) is 11.7 Å². The molecule has 1 amide bonds. The van der Waals surface area contributed by atoms with E-state index in [0.717, 1.165) is 86.4 Å². The average Bonchev–Trinajstić information content (AvgIpc) is 3.08. The molecule has 1 unspecified atom stereocenters. The summed E-state index contributed by atoms with van der Waals surface area (Å²) in [5, 5.41) is 4.02. The van der Waals surface area contributed by atoms with Gasteiger partial charge in [-0.05, 0) is 108 Å². The zero-order chi connectivity index (χ0) is 28.9. The molecule has 2 fully saturated rings. The fraction of sp³-hybridized carbons (Fsp3) is 0.613. The number of hydrogen-bond acceptors (Lipinski definition) is 4. The van der Waals surface area contributed by atoms with Crippen molar-refractivity contribution < 1.29 is 9.36 Å². The maximum absolute atomic E-state index is 13.1. The molecule has 220 valence electrons. The maximum Gasteiger partial charge on any atom is 0.223 e. The van der Waals surface area contributed by atoms with Crippen molar-refractivity contribution in [3.05, 3.63) is 62.3 Å². The van der Waals surface area contributed by atoms with Gasteiger partial charge in [0.1, 0.15) is 7.29 Å². The molecule has 1 aromatic carbocycles. The van der Waals surface area contributed by atoms with E-state index in [1.807, 2.05) is 25.6 Å². The van der Waals surface area contributed by atoms with Gasteiger partial charge in [-0.25, -0.2) is 0 Å². The molecule has 40 heavy (non-hydrogen) atoms. The number of nitrogens with zero attached hydrogens (tertiary/aromatic N) is 3. The Hall–Kier alpha value is -1.24. The number of nitrogens with one attached hydrogen (secondary N) is 1. The van der Waals surface area contributed by atoms with Crippen LogP contribution in [0.3, 0.4) is 0 Å². The van der Waals surface area contributed by atoms with Crippen LogP contribution < -0.4 is 5.32 Å². The van der Waals surface area contributed by atoms with E-state index >= 15 is 0 Å². The second-order valence-corrected chi connectivity index (χ2v) is 16.4. The molecule has 3 heterocycles. The Balaban J connectivity index is 0.00000118. The molecule has 9 heteroatoms. The van der Waals surface area contributed by atoms with E-state index in [-0.39, 0.29) is 17.9 Å². The Morgan fingerprint density at radius 3 is 2.35 bits per heavy atom. The van der Waals surface area contributed by atoms with Crippen LogP contribution in [0.2, 0.25) is 5.02 Å². The molecule has 1 aromatic heterocycles. The van der Waals surface area contributed by atoms with Crippen LogP contribution in [0.1, 0.15) is 74.4 Å². The van der Waals surface area contributed by atoms with Gasteiger partial charge in [-0.15, -0.1) is 0 Å². The quantitative estimate of drug-likeness (QED) is 0.347. The lowest BCUT2D eigenvalue weighted by atomic mass is 9.90. The Bertz CT molecular complexity index is 1150. The molecule has 0 radical (unpaired) electrons. The molecule has 2 aromatic rings. The summed E-state index contributed by atoms with van der Waals surface area (Å²) in [5.74, 6) is 0.716. The number of benzene rings is 1. The lowest BCUT2D eigenvalue weighted by molar-refractivity contribution is -0.126. The first-order valence-electron chi connectivity index (χ1n) is 14.9. The highest BCUT2D eigenvalue weighted by molar-refractivity contribution is 9.10. The summed E-state index contributed by atoms with van der Waals surface area (Å²) in [6.07, 6.45) is 8.74. The van der Waals surface area contributed by atoms with Crippen LogP contribution in [0.25, 0.3) is 0 Å². The number of fused-ring (bicyclic) bond motifs is 2. The first kappa shape index (κ1) is 31.7. The van der Waals surface area contributed by atoms with Crippen molar-refractivity contribution >= 4 is 40.7 Å². The molecule has 5 rings (SSSR count). The van der Waals surface area contributed by atoms with Gasteiger partial charge in [0.2, 0.25) is 5.91 Å². The van der Waals surface area contributed by atoms with Crippen molar-refractivity contribution in [3.63, 3.8) is 0 Å². The van der Waals surface area contributed by atoms with Crippen LogP contribution >= 0.6 is 34.8 Å².